The number of rotatable bonds is 5. The highest BCUT2D eigenvalue weighted by Gasteiger charge is 2.08. The molecule has 2 nitrogen and oxygen atoms in total. The summed E-state index contributed by atoms with van der Waals surface area (Å²) in [5.74, 6) is 1.19. The molecule has 1 unspecified atom stereocenters. The van der Waals surface area contributed by atoms with Crippen molar-refractivity contribution < 1.29 is 9.84 Å². The SMILES string of the molecule is Cc1cc(C)cc(OCCC(O)C(C)C)c1. The molecule has 0 aliphatic rings. The first-order valence-corrected chi connectivity index (χ1v) is 5.88. The summed E-state index contributed by atoms with van der Waals surface area (Å²) in [6.45, 7) is 8.72. The van der Waals surface area contributed by atoms with E-state index in [1.807, 2.05) is 26.0 Å². The Bertz CT molecular complexity index is 311. The van der Waals surface area contributed by atoms with Crippen LogP contribution in [0.25, 0.3) is 0 Å². The average molecular weight is 222 g/mol. The summed E-state index contributed by atoms with van der Waals surface area (Å²) in [7, 11) is 0. The minimum absolute atomic E-state index is 0.272. The maximum absolute atomic E-state index is 9.63. The second-order valence-electron chi connectivity index (χ2n) is 4.77. The maximum Gasteiger partial charge on any atom is 0.119 e. The number of aryl methyl sites for hydroxylation is 2. The van der Waals surface area contributed by atoms with Crippen molar-refractivity contribution in [1.29, 1.82) is 0 Å². The Morgan fingerprint density at radius 3 is 2.19 bits per heavy atom. The van der Waals surface area contributed by atoms with Gasteiger partial charge in [0, 0.05) is 6.42 Å². The molecule has 0 aromatic heterocycles. The summed E-state index contributed by atoms with van der Waals surface area (Å²) >= 11 is 0. The number of hydrogen-bond acceptors (Lipinski definition) is 2. The fraction of sp³-hybridized carbons (Fsp3) is 0.571. The zero-order chi connectivity index (χ0) is 12.1. The smallest absolute Gasteiger partial charge is 0.119 e. The van der Waals surface area contributed by atoms with Crippen LogP contribution >= 0.6 is 0 Å². The van der Waals surface area contributed by atoms with Crippen molar-refractivity contribution in [2.45, 2.75) is 40.2 Å². The standard InChI is InChI=1S/C14H22O2/c1-10(2)14(15)5-6-16-13-8-11(3)7-12(4)9-13/h7-10,14-15H,5-6H2,1-4H3. The summed E-state index contributed by atoms with van der Waals surface area (Å²) < 4.78 is 5.63. The fourth-order valence-corrected chi connectivity index (χ4v) is 1.65. The lowest BCUT2D eigenvalue weighted by atomic mass is 10.1. The Hall–Kier alpha value is -1.02. The van der Waals surface area contributed by atoms with Gasteiger partial charge < -0.3 is 9.84 Å². The zero-order valence-corrected chi connectivity index (χ0v) is 10.7. The van der Waals surface area contributed by atoms with Gasteiger partial charge in [-0.25, -0.2) is 0 Å². The number of benzene rings is 1. The number of aliphatic hydroxyl groups is 1. The molecule has 1 atom stereocenters. The van der Waals surface area contributed by atoms with Crippen LogP contribution in [0.5, 0.6) is 5.75 Å². The van der Waals surface area contributed by atoms with Crippen LogP contribution < -0.4 is 4.74 Å². The van der Waals surface area contributed by atoms with Gasteiger partial charge in [0.1, 0.15) is 5.75 Å². The third-order valence-corrected chi connectivity index (χ3v) is 2.65. The van der Waals surface area contributed by atoms with Gasteiger partial charge in [0.25, 0.3) is 0 Å². The van der Waals surface area contributed by atoms with Gasteiger partial charge in [-0.05, 0) is 43.0 Å². The molecule has 1 aromatic carbocycles. The molecule has 0 spiro atoms. The van der Waals surface area contributed by atoms with Gasteiger partial charge >= 0.3 is 0 Å². The van der Waals surface area contributed by atoms with Crippen molar-refractivity contribution >= 4 is 0 Å². The second kappa shape index (κ2) is 5.90. The third-order valence-electron chi connectivity index (χ3n) is 2.65. The third kappa shape index (κ3) is 4.23. The molecule has 0 aliphatic carbocycles. The molecule has 0 bridgehead atoms. The normalized spacial score (nSPS) is 12.9. The Kier molecular flexibility index (Phi) is 4.81. The van der Waals surface area contributed by atoms with E-state index < -0.39 is 0 Å². The van der Waals surface area contributed by atoms with Crippen molar-refractivity contribution in [1.82, 2.24) is 0 Å². The lowest BCUT2D eigenvalue weighted by molar-refractivity contribution is 0.0976. The van der Waals surface area contributed by atoms with Gasteiger partial charge in [-0.3, -0.25) is 0 Å². The number of ether oxygens (including phenoxy) is 1. The molecule has 0 fully saturated rings. The quantitative estimate of drug-likeness (QED) is 0.829. The summed E-state index contributed by atoms with van der Waals surface area (Å²) in [6, 6.07) is 6.17. The van der Waals surface area contributed by atoms with E-state index in [1.165, 1.54) is 11.1 Å². The van der Waals surface area contributed by atoms with E-state index in [4.69, 9.17) is 4.74 Å². The van der Waals surface area contributed by atoms with Gasteiger partial charge in [0.15, 0.2) is 0 Å². The molecule has 0 aliphatic heterocycles. The van der Waals surface area contributed by atoms with Crippen LogP contribution in [0.2, 0.25) is 0 Å². The predicted molar refractivity (Wildman–Crippen MR) is 66.9 cm³/mol. The molecule has 0 heterocycles. The van der Waals surface area contributed by atoms with Crippen LogP contribution in [0, 0.1) is 19.8 Å². The van der Waals surface area contributed by atoms with Crippen LogP contribution in [-0.4, -0.2) is 17.8 Å². The fourth-order valence-electron chi connectivity index (χ4n) is 1.65. The molecule has 0 saturated heterocycles. The van der Waals surface area contributed by atoms with Crippen LogP contribution in [-0.2, 0) is 0 Å². The summed E-state index contributed by atoms with van der Waals surface area (Å²) in [5, 5.41) is 9.63. The molecule has 1 N–H and O–H groups in total. The molecular weight excluding hydrogens is 200 g/mol. The lowest BCUT2D eigenvalue weighted by Gasteiger charge is -2.15. The largest absolute Gasteiger partial charge is 0.493 e. The monoisotopic (exact) mass is 222 g/mol. The Labute approximate surface area is 98.3 Å². The van der Waals surface area contributed by atoms with E-state index in [0.29, 0.717) is 18.9 Å². The van der Waals surface area contributed by atoms with Crippen molar-refractivity contribution in [3.8, 4) is 5.75 Å². The topological polar surface area (TPSA) is 29.5 Å². The van der Waals surface area contributed by atoms with E-state index >= 15 is 0 Å². The molecule has 0 amide bonds. The summed E-state index contributed by atoms with van der Waals surface area (Å²) in [6.07, 6.45) is 0.413. The maximum atomic E-state index is 9.63. The van der Waals surface area contributed by atoms with Gasteiger partial charge in [0.05, 0.1) is 12.7 Å². The minimum Gasteiger partial charge on any atom is -0.493 e. The van der Waals surface area contributed by atoms with Gasteiger partial charge in [-0.2, -0.15) is 0 Å². The highest BCUT2D eigenvalue weighted by atomic mass is 16.5. The van der Waals surface area contributed by atoms with E-state index in [0.717, 1.165) is 5.75 Å². The highest BCUT2D eigenvalue weighted by Crippen LogP contribution is 2.17. The van der Waals surface area contributed by atoms with Crippen LogP contribution in [0.3, 0.4) is 0 Å². The van der Waals surface area contributed by atoms with E-state index in [2.05, 4.69) is 19.9 Å². The molecule has 1 rings (SSSR count). The van der Waals surface area contributed by atoms with E-state index in [9.17, 15) is 5.11 Å². The molecule has 16 heavy (non-hydrogen) atoms. The van der Waals surface area contributed by atoms with Gasteiger partial charge in [-0.1, -0.05) is 19.9 Å². The Morgan fingerprint density at radius 2 is 1.69 bits per heavy atom. The first-order chi connectivity index (χ1) is 7.49. The minimum atomic E-state index is -0.272. The van der Waals surface area contributed by atoms with E-state index in [-0.39, 0.29) is 6.10 Å². The molecule has 2 heteroatoms. The van der Waals surface area contributed by atoms with Crippen molar-refractivity contribution in [2.24, 2.45) is 5.92 Å². The summed E-state index contributed by atoms with van der Waals surface area (Å²) in [5.41, 5.74) is 2.42. The predicted octanol–water partition coefficient (Wildman–Crippen LogP) is 3.09. The highest BCUT2D eigenvalue weighted by molar-refractivity contribution is 5.32. The summed E-state index contributed by atoms with van der Waals surface area (Å²) in [4.78, 5) is 0. The molecule has 0 saturated carbocycles. The van der Waals surface area contributed by atoms with Gasteiger partial charge in [-0.15, -0.1) is 0 Å². The van der Waals surface area contributed by atoms with Crippen LogP contribution in [0.4, 0.5) is 0 Å². The number of hydrogen-bond donors (Lipinski definition) is 1. The van der Waals surface area contributed by atoms with E-state index in [1.54, 1.807) is 0 Å². The van der Waals surface area contributed by atoms with Crippen LogP contribution in [0.1, 0.15) is 31.4 Å². The molecule has 90 valence electrons. The number of aliphatic hydroxyl groups excluding tert-OH is 1. The molecular formula is C14H22O2. The first-order valence-electron chi connectivity index (χ1n) is 5.88. The zero-order valence-electron chi connectivity index (χ0n) is 10.7. The van der Waals surface area contributed by atoms with Crippen molar-refractivity contribution in [3.63, 3.8) is 0 Å². The van der Waals surface area contributed by atoms with Crippen LogP contribution in [0.15, 0.2) is 18.2 Å². The van der Waals surface area contributed by atoms with Crippen molar-refractivity contribution in [2.75, 3.05) is 6.61 Å². The second-order valence-corrected chi connectivity index (χ2v) is 4.77. The van der Waals surface area contributed by atoms with Crippen molar-refractivity contribution in [3.05, 3.63) is 29.3 Å². The molecule has 0 radical (unpaired) electrons. The average Bonchev–Trinajstić information content (AvgIpc) is 2.15. The molecule has 1 aromatic rings. The lowest BCUT2D eigenvalue weighted by Crippen LogP contribution is -2.18. The Morgan fingerprint density at radius 1 is 1.12 bits per heavy atom. The first kappa shape index (κ1) is 13.0. The van der Waals surface area contributed by atoms with Gasteiger partial charge in [0.2, 0.25) is 0 Å². The Balaban J connectivity index is 2.43.